The van der Waals surface area contributed by atoms with E-state index in [1.165, 1.54) is 6.92 Å². The maximum absolute atomic E-state index is 12.7. The van der Waals surface area contributed by atoms with Crippen molar-refractivity contribution in [1.82, 2.24) is 4.72 Å². The molecule has 0 aliphatic heterocycles. The summed E-state index contributed by atoms with van der Waals surface area (Å²) < 4.78 is 168. The van der Waals surface area contributed by atoms with Gasteiger partial charge < -0.3 is 33.5 Å². The van der Waals surface area contributed by atoms with Gasteiger partial charge in [0.25, 0.3) is 23.0 Å². The van der Waals surface area contributed by atoms with E-state index in [-0.39, 0.29) is 51.1 Å². The van der Waals surface area contributed by atoms with E-state index in [0.717, 1.165) is 78.9 Å². The molecule has 0 aromatic heterocycles. The largest absolute Gasteiger partial charge is 0.479 e. The summed E-state index contributed by atoms with van der Waals surface area (Å²) in [6.45, 7) is -0.197. The lowest BCUT2D eigenvalue weighted by Gasteiger charge is -2.12. The summed E-state index contributed by atoms with van der Waals surface area (Å²) in [4.78, 5) is 88.4. The molecule has 0 radical (unpaired) electrons. The Kier molecular flexibility index (Phi) is 23.1. The molecular formula is C49H32Cl3F9N4O20S. The maximum atomic E-state index is 12.7. The van der Waals surface area contributed by atoms with E-state index >= 15 is 0 Å². The van der Waals surface area contributed by atoms with Crippen LogP contribution in [0.4, 0.5) is 56.6 Å². The quantitative estimate of drug-likeness (QED) is 0.0265. The van der Waals surface area contributed by atoms with Crippen LogP contribution in [0.15, 0.2) is 109 Å². The first-order valence-corrected chi connectivity index (χ1v) is 25.5. The Morgan fingerprint density at radius 1 is 0.512 bits per heavy atom. The molecule has 0 atom stereocenters. The van der Waals surface area contributed by atoms with Crippen molar-refractivity contribution in [1.29, 1.82) is 0 Å². The summed E-state index contributed by atoms with van der Waals surface area (Å²) in [5.74, 6) is -7.17. The summed E-state index contributed by atoms with van der Waals surface area (Å²) in [7, 11) is -4.00. The Hall–Kier alpha value is -9.54. The van der Waals surface area contributed by atoms with E-state index in [2.05, 4.69) is 9.47 Å². The highest BCUT2D eigenvalue weighted by Gasteiger charge is 2.34. The number of carbonyl (C=O) groups is 5. The lowest BCUT2D eigenvalue weighted by atomic mass is 10.1. The van der Waals surface area contributed by atoms with Crippen molar-refractivity contribution < 1.29 is 120 Å². The Morgan fingerprint density at radius 3 is 1.10 bits per heavy atom. The summed E-state index contributed by atoms with van der Waals surface area (Å²) in [5.41, 5.74) is -6.80. The minimum Gasteiger partial charge on any atom is -0.479 e. The number of esters is 3. The summed E-state index contributed by atoms with van der Waals surface area (Å²) in [6, 6.07) is 15.6. The van der Waals surface area contributed by atoms with Gasteiger partial charge >= 0.3 is 42.4 Å². The molecule has 24 nitrogen and oxygen atoms in total. The van der Waals surface area contributed by atoms with Crippen LogP contribution in [0.3, 0.4) is 0 Å². The Bertz CT molecular complexity index is 3740. The number of alkyl halides is 9. The van der Waals surface area contributed by atoms with Gasteiger partial charge in [-0.25, -0.2) is 32.3 Å². The molecule has 6 aromatic rings. The van der Waals surface area contributed by atoms with Crippen LogP contribution in [0.5, 0.6) is 34.5 Å². The van der Waals surface area contributed by atoms with Gasteiger partial charge in [-0.15, -0.1) is 0 Å². The normalized spacial score (nSPS) is 11.2. The van der Waals surface area contributed by atoms with Crippen LogP contribution in [0, 0.1) is 30.3 Å². The predicted molar refractivity (Wildman–Crippen MR) is 276 cm³/mol. The zero-order valence-corrected chi connectivity index (χ0v) is 45.6. The SMILES string of the molecule is CCOC(=O)COC(=O)c1cc(Oc2ccc(C(F)(F)F)cc2Cl)ccc1[N+](=O)[O-].CS(=O)(=O)NC(=O)c1cc(Oc2ccc(C(F)(F)F)cc2Cl)ccc1[N+](=O)[O-].O=C(O)COC(=O)c1cc(Oc2ccc(C(F)(F)F)cc2Cl)ccc1[N+](=O)[O-]. The number of ether oxygens (including phenoxy) is 6. The van der Waals surface area contributed by atoms with E-state index < -0.39 is 142 Å². The molecule has 458 valence electrons. The molecule has 0 spiro atoms. The monoisotopic (exact) mass is 1300 g/mol. The zero-order chi connectivity index (χ0) is 64.8. The third-order valence-corrected chi connectivity index (χ3v) is 11.3. The molecule has 86 heavy (non-hydrogen) atoms. The average molecular weight is 1310 g/mol. The fraction of sp³-hybridized carbons (Fsp3) is 0.163. The number of aliphatic carboxylic acids is 1. The summed E-state index contributed by atoms with van der Waals surface area (Å²) >= 11 is 17.3. The van der Waals surface area contributed by atoms with Crippen LogP contribution in [0.25, 0.3) is 0 Å². The number of carboxylic acids is 1. The molecule has 6 rings (SSSR count). The van der Waals surface area contributed by atoms with E-state index in [1.54, 1.807) is 4.72 Å². The first kappa shape index (κ1) is 69.0. The van der Waals surface area contributed by atoms with Gasteiger partial charge in [0.2, 0.25) is 10.0 Å². The molecule has 0 unspecified atom stereocenters. The Labute approximate surface area is 488 Å². The van der Waals surface area contributed by atoms with Crippen LogP contribution in [0.1, 0.15) is 54.7 Å². The second-order valence-corrected chi connectivity index (χ2v) is 19.1. The highest BCUT2D eigenvalue weighted by Crippen LogP contribution is 2.41. The number of nitro benzene ring substituents is 3. The van der Waals surface area contributed by atoms with Crippen molar-refractivity contribution in [2.45, 2.75) is 25.5 Å². The molecule has 0 aliphatic carbocycles. The first-order chi connectivity index (χ1) is 39.8. The van der Waals surface area contributed by atoms with Gasteiger partial charge in [-0.1, -0.05) is 34.8 Å². The Balaban J connectivity index is 0.000000277. The number of nitrogens with zero attached hydrogens (tertiary/aromatic N) is 3. The van der Waals surface area contributed by atoms with Crippen LogP contribution in [-0.4, -0.2) is 84.2 Å². The highest BCUT2D eigenvalue weighted by molar-refractivity contribution is 7.89. The molecule has 6 aromatic carbocycles. The van der Waals surface area contributed by atoms with Gasteiger partial charge in [0.1, 0.15) is 51.2 Å². The number of hydrogen-bond acceptors (Lipinski definition) is 19. The van der Waals surface area contributed by atoms with Gasteiger partial charge in [-0.3, -0.25) is 35.1 Å². The first-order valence-electron chi connectivity index (χ1n) is 22.5. The number of sulfonamides is 1. The molecule has 0 saturated carbocycles. The average Bonchev–Trinajstić information content (AvgIpc) is 3.15. The van der Waals surface area contributed by atoms with Gasteiger partial charge in [-0.2, -0.15) is 39.5 Å². The topological polar surface area (TPSA) is 337 Å². The van der Waals surface area contributed by atoms with Crippen LogP contribution in [0.2, 0.25) is 15.1 Å². The number of nitrogens with one attached hydrogen (secondary N) is 1. The standard InChI is InChI=1S/C18H13ClF3NO7.C16H9ClF3NO7.C15H10ClF3N2O6S/c1-2-28-16(24)9-29-17(25)12-8-11(4-5-14(12)23(26)27)30-15-6-3-10(7-13(15)19)18(20,21)22;17-11-5-8(16(18,19)20)1-4-13(11)28-9-2-3-12(21(25)26)10(6-9)15(24)27-7-14(22)23;1-28(25,26)20-14(22)10-7-9(3-4-12(10)21(23)24)27-13-5-2-8(6-11(13)16)15(17,18)19/h3-8H,2,9H2,1H3;1-6H,7H2,(H,22,23);2-7H,1H3,(H,20,22). The number of amides is 1. The van der Waals surface area contributed by atoms with E-state index in [4.69, 9.17) is 58.9 Å². The predicted octanol–water partition coefficient (Wildman–Crippen LogP) is 12.8. The molecule has 37 heteroatoms. The van der Waals surface area contributed by atoms with Gasteiger partial charge in [-0.05, 0) is 79.7 Å². The zero-order valence-electron chi connectivity index (χ0n) is 42.5. The lowest BCUT2D eigenvalue weighted by molar-refractivity contribution is -0.385. The van der Waals surface area contributed by atoms with Crippen LogP contribution in [-0.2, 0) is 52.4 Å². The fourth-order valence-corrected chi connectivity index (χ4v) is 7.32. The Morgan fingerprint density at radius 2 is 0.826 bits per heavy atom. The molecule has 0 aliphatic rings. The van der Waals surface area contributed by atoms with Gasteiger partial charge in [0.05, 0.1) is 59.4 Å². The molecule has 0 heterocycles. The van der Waals surface area contributed by atoms with Gasteiger partial charge in [0.15, 0.2) is 13.2 Å². The second-order valence-electron chi connectivity index (χ2n) is 16.1. The number of hydrogen-bond donors (Lipinski definition) is 2. The van der Waals surface area contributed by atoms with Crippen LogP contribution >= 0.6 is 34.8 Å². The molecule has 2 N–H and O–H groups in total. The van der Waals surface area contributed by atoms with Crippen molar-refractivity contribution >= 4 is 91.7 Å². The molecule has 0 fully saturated rings. The number of halogens is 12. The minimum absolute atomic E-state index is 0.0493. The molecule has 1 amide bonds. The van der Waals surface area contributed by atoms with Gasteiger partial charge in [0, 0.05) is 36.4 Å². The third-order valence-electron chi connectivity index (χ3n) is 9.87. The number of benzene rings is 6. The van der Waals surface area contributed by atoms with E-state index in [0.29, 0.717) is 36.6 Å². The van der Waals surface area contributed by atoms with Crippen LogP contribution < -0.4 is 18.9 Å². The lowest BCUT2D eigenvalue weighted by Crippen LogP contribution is -2.29. The van der Waals surface area contributed by atoms with Crippen molar-refractivity contribution in [2.75, 3.05) is 26.1 Å². The van der Waals surface area contributed by atoms with E-state index in [1.807, 2.05) is 0 Å². The summed E-state index contributed by atoms with van der Waals surface area (Å²) in [5, 5.41) is 40.6. The van der Waals surface area contributed by atoms with Crippen molar-refractivity contribution in [3.05, 3.63) is 188 Å². The summed E-state index contributed by atoms with van der Waals surface area (Å²) in [6.07, 6.45) is -13.2. The number of carbonyl (C=O) groups excluding carboxylic acids is 4. The number of nitro groups is 3. The molecular weight excluding hydrogens is 1270 g/mol. The van der Waals surface area contributed by atoms with E-state index in [9.17, 15) is 102 Å². The van der Waals surface area contributed by atoms with Crippen molar-refractivity contribution in [3.63, 3.8) is 0 Å². The second kappa shape index (κ2) is 28.8. The maximum Gasteiger partial charge on any atom is 0.416 e. The third kappa shape index (κ3) is 20.4. The molecule has 0 bridgehead atoms. The molecule has 0 saturated heterocycles. The van der Waals surface area contributed by atoms with Crippen molar-refractivity contribution in [2.24, 2.45) is 0 Å². The minimum atomic E-state index is -4.62. The fourth-order valence-electron chi connectivity index (χ4n) is 6.22. The number of rotatable bonds is 18. The van der Waals surface area contributed by atoms with Crippen molar-refractivity contribution in [3.8, 4) is 34.5 Å². The highest BCUT2D eigenvalue weighted by atomic mass is 35.5. The number of carboxylic acid groups (broad SMARTS) is 1. The smallest absolute Gasteiger partial charge is 0.416 e.